The van der Waals surface area contributed by atoms with Crippen LogP contribution in [0.15, 0.2) is 16.0 Å². The van der Waals surface area contributed by atoms with Gasteiger partial charge in [-0.3, -0.25) is 4.98 Å². The average Bonchev–Trinajstić information content (AvgIpc) is 3.27. The van der Waals surface area contributed by atoms with Crippen LogP contribution in [0.2, 0.25) is 0 Å². The standard InChI is InChI=1S/C19H21N9O2/c20-9-11-4-6-27(7-5-11)17-24-15-12(8-14-16(29)25-19(30)23-14)10-21-28(15)18(26-17)22-13-2-1-3-13/h8,10-11,13,29H,1-7H2,(H2,23,25,30). The molecule has 0 bridgehead atoms. The molecule has 0 radical (unpaired) electrons. The van der Waals surface area contributed by atoms with Gasteiger partial charge in [0, 0.05) is 24.2 Å². The molecule has 1 saturated carbocycles. The van der Waals surface area contributed by atoms with Gasteiger partial charge in [-0.25, -0.2) is 9.79 Å². The van der Waals surface area contributed by atoms with Crippen LogP contribution in [0.25, 0.3) is 11.7 Å². The third kappa shape index (κ3) is 3.30. The molecule has 0 amide bonds. The minimum absolute atomic E-state index is 0.0661. The van der Waals surface area contributed by atoms with E-state index in [1.807, 2.05) is 0 Å². The first kappa shape index (κ1) is 18.4. The predicted molar refractivity (Wildman–Crippen MR) is 106 cm³/mol. The van der Waals surface area contributed by atoms with Gasteiger partial charge in [-0.15, -0.1) is 0 Å². The maximum atomic E-state index is 11.4. The van der Waals surface area contributed by atoms with E-state index in [-0.39, 0.29) is 23.5 Å². The van der Waals surface area contributed by atoms with Crippen molar-refractivity contribution in [1.82, 2.24) is 29.5 Å². The third-order valence-corrected chi connectivity index (χ3v) is 5.73. The molecule has 1 aliphatic carbocycles. The molecule has 2 fully saturated rings. The lowest BCUT2D eigenvalue weighted by Gasteiger charge is -2.29. The lowest BCUT2D eigenvalue weighted by molar-refractivity contribution is 0.406. The summed E-state index contributed by atoms with van der Waals surface area (Å²) in [5.74, 6) is 0.377. The average molecular weight is 407 g/mol. The van der Waals surface area contributed by atoms with Crippen molar-refractivity contribution in [1.29, 1.82) is 5.26 Å². The summed E-state index contributed by atoms with van der Waals surface area (Å²) in [7, 11) is 0. The summed E-state index contributed by atoms with van der Waals surface area (Å²) in [6, 6.07) is 2.57. The number of nitriles is 1. The van der Waals surface area contributed by atoms with Crippen molar-refractivity contribution in [2.75, 3.05) is 18.0 Å². The normalized spacial score (nSPS) is 19.4. The molecule has 154 valence electrons. The minimum Gasteiger partial charge on any atom is -0.493 e. The minimum atomic E-state index is -0.494. The predicted octanol–water partition coefficient (Wildman–Crippen LogP) is -0.413. The first-order valence-corrected chi connectivity index (χ1v) is 10.1. The smallest absolute Gasteiger partial charge is 0.326 e. The summed E-state index contributed by atoms with van der Waals surface area (Å²) in [5, 5.41) is 24.1. The van der Waals surface area contributed by atoms with Crippen LogP contribution in [0.1, 0.15) is 37.8 Å². The highest BCUT2D eigenvalue weighted by atomic mass is 16.3. The Hall–Kier alpha value is -3.68. The third-order valence-electron chi connectivity index (χ3n) is 5.73. The van der Waals surface area contributed by atoms with Gasteiger partial charge in [0.25, 0.3) is 5.62 Å². The van der Waals surface area contributed by atoms with Crippen LogP contribution in [-0.4, -0.2) is 53.8 Å². The highest BCUT2D eigenvalue weighted by molar-refractivity contribution is 5.57. The Bertz CT molecular complexity index is 1300. The van der Waals surface area contributed by atoms with Gasteiger partial charge in [0.2, 0.25) is 11.8 Å². The molecule has 1 saturated heterocycles. The maximum Gasteiger partial charge on any atom is 0.326 e. The van der Waals surface area contributed by atoms with Gasteiger partial charge in [-0.2, -0.15) is 24.8 Å². The Morgan fingerprint density at radius 2 is 2.03 bits per heavy atom. The number of rotatable bonds is 3. The zero-order valence-corrected chi connectivity index (χ0v) is 16.2. The first-order chi connectivity index (χ1) is 14.6. The fourth-order valence-electron chi connectivity index (χ4n) is 3.73. The molecule has 11 nitrogen and oxygen atoms in total. The van der Waals surface area contributed by atoms with Crippen molar-refractivity contribution in [2.45, 2.75) is 38.1 Å². The number of imidazole rings is 1. The van der Waals surface area contributed by atoms with E-state index >= 15 is 0 Å². The van der Waals surface area contributed by atoms with E-state index in [9.17, 15) is 9.90 Å². The number of nitrogens with one attached hydrogen (secondary N) is 2. The SMILES string of the molecule is N#CC1CCN(c2nc(=NC3CCC3)n3ncc(=Cc4[nH]c(=O)[nH]c4O)c3n2)CC1. The Kier molecular flexibility index (Phi) is 4.46. The number of hydrogen-bond donors (Lipinski definition) is 3. The van der Waals surface area contributed by atoms with E-state index in [2.05, 4.69) is 31.0 Å². The van der Waals surface area contributed by atoms with Gasteiger partial charge < -0.3 is 15.0 Å². The van der Waals surface area contributed by atoms with Crippen LogP contribution in [0.4, 0.5) is 5.95 Å². The van der Waals surface area contributed by atoms with Gasteiger partial charge >= 0.3 is 5.69 Å². The molecule has 0 atom stereocenters. The van der Waals surface area contributed by atoms with Crippen LogP contribution in [0, 0.1) is 17.2 Å². The number of H-pyrrole nitrogens is 2. The van der Waals surface area contributed by atoms with E-state index in [4.69, 9.17) is 15.2 Å². The monoisotopic (exact) mass is 407 g/mol. The maximum absolute atomic E-state index is 11.4. The van der Waals surface area contributed by atoms with E-state index < -0.39 is 5.69 Å². The lowest BCUT2D eigenvalue weighted by Crippen LogP contribution is -2.37. The Morgan fingerprint density at radius 1 is 1.23 bits per heavy atom. The molecule has 30 heavy (non-hydrogen) atoms. The molecule has 0 spiro atoms. The number of anilines is 1. The number of aromatic hydroxyl groups is 1. The molecule has 11 heteroatoms. The number of aromatic nitrogens is 6. The number of hydrogen-bond acceptors (Lipinski definition) is 8. The van der Waals surface area contributed by atoms with Crippen molar-refractivity contribution in [3.05, 3.63) is 33.2 Å². The summed E-state index contributed by atoms with van der Waals surface area (Å²) in [4.78, 5) is 32.5. The second kappa shape index (κ2) is 7.29. The number of nitrogens with zero attached hydrogens (tertiary/aromatic N) is 7. The van der Waals surface area contributed by atoms with Gasteiger partial charge in [-0.1, -0.05) is 0 Å². The topological polar surface area (TPSA) is 151 Å². The highest BCUT2D eigenvalue weighted by Gasteiger charge is 2.22. The summed E-state index contributed by atoms with van der Waals surface area (Å²) < 4.78 is 1.59. The number of aromatic amines is 2. The Labute approximate surface area is 170 Å². The van der Waals surface area contributed by atoms with E-state index in [1.54, 1.807) is 16.8 Å². The van der Waals surface area contributed by atoms with Gasteiger partial charge in [0.15, 0.2) is 5.65 Å². The van der Waals surface area contributed by atoms with Crippen molar-refractivity contribution in [2.24, 2.45) is 10.9 Å². The molecule has 3 aromatic heterocycles. The lowest BCUT2D eigenvalue weighted by atomic mass is 9.94. The van der Waals surface area contributed by atoms with Crippen LogP contribution < -0.4 is 21.4 Å². The van der Waals surface area contributed by atoms with E-state index in [0.29, 0.717) is 35.5 Å². The quantitative estimate of drug-likeness (QED) is 0.534. The second-order valence-electron chi connectivity index (χ2n) is 7.75. The van der Waals surface area contributed by atoms with Crippen LogP contribution in [-0.2, 0) is 0 Å². The van der Waals surface area contributed by atoms with Crippen LogP contribution in [0.5, 0.6) is 5.88 Å². The fraction of sp³-hybridized carbons (Fsp3) is 0.474. The highest BCUT2D eigenvalue weighted by Crippen LogP contribution is 2.22. The molecule has 4 heterocycles. The van der Waals surface area contributed by atoms with Gasteiger partial charge in [0.05, 0.1) is 18.3 Å². The number of piperidine rings is 1. The molecule has 2 aliphatic rings. The van der Waals surface area contributed by atoms with Crippen molar-refractivity contribution in [3.8, 4) is 11.9 Å². The summed E-state index contributed by atoms with van der Waals surface area (Å²) in [6.45, 7) is 1.41. The van der Waals surface area contributed by atoms with E-state index in [1.165, 1.54) is 0 Å². The first-order valence-electron chi connectivity index (χ1n) is 10.1. The molecule has 0 unspecified atom stereocenters. The summed E-state index contributed by atoms with van der Waals surface area (Å²) in [5.41, 5.74) is 0.796. The van der Waals surface area contributed by atoms with Crippen molar-refractivity contribution in [3.63, 3.8) is 0 Å². The molecular weight excluding hydrogens is 386 g/mol. The van der Waals surface area contributed by atoms with Gasteiger partial charge in [-0.05, 0) is 38.2 Å². The Morgan fingerprint density at radius 3 is 2.67 bits per heavy atom. The van der Waals surface area contributed by atoms with Crippen LogP contribution in [0.3, 0.4) is 0 Å². The van der Waals surface area contributed by atoms with Crippen molar-refractivity contribution < 1.29 is 5.11 Å². The summed E-state index contributed by atoms with van der Waals surface area (Å²) >= 11 is 0. The van der Waals surface area contributed by atoms with Crippen LogP contribution >= 0.6 is 0 Å². The molecule has 3 aromatic rings. The van der Waals surface area contributed by atoms with E-state index in [0.717, 1.165) is 32.1 Å². The zero-order valence-electron chi connectivity index (χ0n) is 16.2. The van der Waals surface area contributed by atoms with Crippen molar-refractivity contribution >= 4 is 17.7 Å². The molecule has 5 rings (SSSR count). The Balaban J connectivity index is 1.64. The fourth-order valence-corrected chi connectivity index (χ4v) is 3.73. The molecule has 1 aliphatic heterocycles. The molecule has 3 N–H and O–H groups in total. The van der Waals surface area contributed by atoms with Gasteiger partial charge in [0.1, 0.15) is 5.69 Å². The second-order valence-corrected chi connectivity index (χ2v) is 7.75. The molecular formula is C19H21N9O2. The largest absolute Gasteiger partial charge is 0.493 e. The molecule has 0 aromatic carbocycles. The zero-order chi connectivity index (χ0) is 20.7. The number of fused-ring (bicyclic) bond motifs is 1. The summed E-state index contributed by atoms with van der Waals surface area (Å²) in [6.07, 6.45) is 8.00.